The summed E-state index contributed by atoms with van der Waals surface area (Å²) in [6, 6.07) is 1.54. The number of carbonyl (C=O) groups is 2. The first-order valence-corrected chi connectivity index (χ1v) is 9.81. The Labute approximate surface area is 161 Å². The molecule has 0 bridgehead atoms. The molecule has 1 saturated heterocycles. The smallest absolute Gasteiger partial charge is 0.242 e. The number of nitrogens with one attached hydrogen (secondary N) is 1. The summed E-state index contributed by atoms with van der Waals surface area (Å²) in [7, 11) is 3.56. The van der Waals surface area contributed by atoms with E-state index in [4.69, 9.17) is 4.52 Å². The molecule has 1 aromatic rings. The van der Waals surface area contributed by atoms with Crippen molar-refractivity contribution in [2.45, 2.75) is 45.6 Å². The molecule has 152 valence electrons. The summed E-state index contributed by atoms with van der Waals surface area (Å²) in [5.41, 5.74) is 0. The van der Waals surface area contributed by atoms with Gasteiger partial charge in [0.1, 0.15) is 5.76 Å². The van der Waals surface area contributed by atoms with Gasteiger partial charge in [-0.3, -0.25) is 19.4 Å². The Balaban J connectivity index is 1.98. The lowest BCUT2D eigenvalue weighted by Gasteiger charge is -2.29. The lowest BCUT2D eigenvalue weighted by molar-refractivity contribution is -0.130. The van der Waals surface area contributed by atoms with Gasteiger partial charge in [0.05, 0.1) is 12.6 Å². The van der Waals surface area contributed by atoms with Crippen molar-refractivity contribution in [2.24, 2.45) is 0 Å². The van der Waals surface area contributed by atoms with Gasteiger partial charge in [0.2, 0.25) is 11.8 Å². The molecule has 0 radical (unpaired) electrons. The van der Waals surface area contributed by atoms with E-state index in [1.54, 1.807) is 32.0 Å². The lowest BCUT2D eigenvalue weighted by Crippen LogP contribution is -2.46. The number of carbonyl (C=O) groups excluding carboxylic acids is 2. The van der Waals surface area contributed by atoms with Gasteiger partial charge in [-0.1, -0.05) is 24.9 Å². The van der Waals surface area contributed by atoms with Crippen LogP contribution in [0.4, 0.5) is 5.82 Å². The third-order valence-electron chi connectivity index (χ3n) is 4.93. The second kappa shape index (κ2) is 10.4. The maximum absolute atomic E-state index is 12.9. The van der Waals surface area contributed by atoms with E-state index < -0.39 is 0 Å². The van der Waals surface area contributed by atoms with Crippen LogP contribution < -0.4 is 5.32 Å². The molecule has 8 nitrogen and oxygen atoms in total. The van der Waals surface area contributed by atoms with Crippen molar-refractivity contribution in [1.82, 2.24) is 19.9 Å². The van der Waals surface area contributed by atoms with Gasteiger partial charge in [-0.25, -0.2) is 0 Å². The van der Waals surface area contributed by atoms with Gasteiger partial charge in [0, 0.05) is 39.8 Å². The molecule has 0 spiro atoms. The van der Waals surface area contributed by atoms with E-state index in [1.165, 1.54) is 0 Å². The first-order chi connectivity index (χ1) is 12.9. The highest BCUT2D eigenvalue weighted by molar-refractivity contribution is 5.94. The van der Waals surface area contributed by atoms with Crippen LogP contribution >= 0.6 is 0 Å². The molecule has 0 aliphatic carbocycles. The Hall–Kier alpha value is -1.93. The van der Waals surface area contributed by atoms with Gasteiger partial charge in [-0.2, -0.15) is 0 Å². The van der Waals surface area contributed by atoms with Crippen LogP contribution in [0.3, 0.4) is 0 Å². The highest BCUT2D eigenvalue weighted by Crippen LogP contribution is 2.16. The number of rotatable bonds is 8. The molecule has 1 aromatic heterocycles. The number of unbranched alkanes of at least 4 members (excludes halogenated alkanes) is 1. The van der Waals surface area contributed by atoms with Crippen LogP contribution in [-0.2, 0) is 9.59 Å². The average molecular weight is 380 g/mol. The maximum Gasteiger partial charge on any atom is 0.242 e. The number of aromatic nitrogens is 1. The second-order valence-electron chi connectivity index (χ2n) is 7.42. The fraction of sp³-hybridized carbons (Fsp3) is 0.737. The molecular formula is C19H33N5O3. The van der Waals surface area contributed by atoms with Crippen LogP contribution in [0.1, 0.15) is 38.4 Å². The van der Waals surface area contributed by atoms with Crippen LogP contribution in [0, 0.1) is 6.92 Å². The SMILES string of the molecule is CCCCC(C(=O)Nc1cc(C)on1)N1CCCN(CC(=O)N(C)C)CC1. The van der Waals surface area contributed by atoms with Gasteiger partial charge >= 0.3 is 0 Å². The molecule has 1 fully saturated rings. The minimum atomic E-state index is -0.188. The molecule has 8 heteroatoms. The van der Waals surface area contributed by atoms with Crippen molar-refractivity contribution in [1.29, 1.82) is 0 Å². The van der Waals surface area contributed by atoms with E-state index in [9.17, 15) is 9.59 Å². The Kier molecular flexibility index (Phi) is 8.24. The fourth-order valence-electron chi connectivity index (χ4n) is 3.31. The van der Waals surface area contributed by atoms with Crippen molar-refractivity contribution in [3.05, 3.63) is 11.8 Å². The number of hydrogen-bond acceptors (Lipinski definition) is 6. The zero-order chi connectivity index (χ0) is 19.8. The first-order valence-electron chi connectivity index (χ1n) is 9.81. The minimum absolute atomic E-state index is 0.0328. The second-order valence-corrected chi connectivity index (χ2v) is 7.42. The Morgan fingerprint density at radius 2 is 2.07 bits per heavy atom. The first kappa shape index (κ1) is 21.4. The third-order valence-corrected chi connectivity index (χ3v) is 4.93. The number of likely N-dealkylation sites (N-methyl/N-ethyl adjacent to an activating group) is 1. The van der Waals surface area contributed by atoms with E-state index in [1.807, 2.05) is 0 Å². The van der Waals surface area contributed by atoms with E-state index >= 15 is 0 Å². The predicted molar refractivity (Wildman–Crippen MR) is 105 cm³/mol. The number of amides is 2. The van der Waals surface area contributed by atoms with Crippen molar-refractivity contribution in [2.75, 3.05) is 52.1 Å². The third kappa shape index (κ3) is 6.62. The topological polar surface area (TPSA) is 81.9 Å². The average Bonchev–Trinajstić information content (AvgIpc) is 2.89. The van der Waals surface area contributed by atoms with Gasteiger partial charge in [0.25, 0.3) is 0 Å². The molecule has 1 atom stereocenters. The van der Waals surface area contributed by atoms with Gasteiger partial charge < -0.3 is 14.7 Å². The van der Waals surface area contributed by atoms with Gasteiger partial charge in [0.15, 0.2) is 5.82 Å². The molecule has 27 heavy (non-hydrogen) atoms. The molecule has 2 rings (SSSR count). The monoisotopic (exact) mass is 379 g/mol. The number of hydrogen-bond donors (Lipinski definition) is 1. The van der Waals surface area contributed by atoms with Crippen LogP contribution in [-0.4, -0.2) is 84.5 Å². The summed E-state index contributed by atoms with van der Waals surface area (Å²) in [6.07, 6.45) is 3.80. The Bertz CT molecular complexity index is 616. The minimum Gasteiger partial charge on any atom is -0.360 e. The summed E-state index contributed by atoms with van der Waals surface area (Å²) in [6.45, 7) is 7.67. The number of nitrogens with zero attached hydrogens (tertiary/aromatic N) is 4. The summed E-state index contributed by atoms with van der Waals surface area (Å²) in [4.78, 5) is 30.9. The van der Waals surface area contributed by atoms with Crippen molar-refractivity contribution in [3.63, 3.8) is 0 Å². The van der Waals surface area contributed by atoms with Crippen LogP contribution in [0.5, 0.6) is 0 Å². The molecular weight excluding hydrogens is 346 g/mol. The highest BCUT2D eigenvalue weighted by atomic mass is 16.5. The quantitative estimate of drug-likeness (QED) is 0.738. The maximum atomic E-state index is 12.9. The molecule has 1 N–H and O–H groups in total. The molecule has 1 unspecified atom stereocenters. The van der Waals surface area contributed by atoms with E-state index in [-0.39, 0.29) is 17.9 Å². The summed E-state index contributed by atoms with van der Waals surface area (Å²) in [5, 5.41) is 6.76. The Morgan fingerprint density at radius 3 is 2.70 bits per heavy atom. The molecule has 2 heterocycles. The standard InChI is InChI=1S/C19H33N5O3/c1-5-6-8-16(19(26)20-17-13-15(2)27-21-17)24-10-7-9-23(11-12-24)14-18(25)22(3)4/h13,16H,5-12,14H2,1-4H3,(H,20,21,26). The van der Waals surface area contributed by atoms with Crippen molar-refractivity contribution >= 4 is 17.6 Å². The molecule has 1 aliphatic heterocycles. The summed E-state index contributed by atoms with van der Waals surface area (Å²) in [5.74, 6) is 1.22. The molecule has 1 aliphatic rings. The van der Waals surface area contributed by atoms with Crippen LogP contribution in [0.15, 0.2) is 10.6 Å². The van der Waals surface area contributed by atoms with E-state index in [2.05, 4.69) is 27.2 Å². The Morgan fingerprint density at radius 1 is 1.30 bits per heavy atom. The van der Waals surface area contributed by atoms with Crippen molar-refractivity contribution in [3.8, 4) is 0 Å². The fourth-order valence-corrected chi connectivity index (χ4v) is 3.31. The van der Waals surface area contributed by atoms with E-state index in [0.717, 1.165) is 51.9 Å². The van der Waals surface area contributed by atoms with E-state index in [0.29, 0.717) is 18.1 Å². The van der Waals surface area contributed by atoms with Gasteiger partial charge in [-0.15, -0.1) is 0 Å². The number of anilines is 1. The van der Waals surface area contributed by atoms with Gasteiger partial charge in [-0.05, 0) is 26.3 Å². The summed E-state index contributed by atoms with van der Waals surface area (Å²) < 4.78 is 5.04. The van der Waals surface area contributed by atoms with Crippen LogP contribution in [0.2, 0.25) is 0 Å². The van der Waals surface area contributed by atoms with Crippen LogP contribution in [0.25, 0.3) is 0 Å². The molecule has 0 aromatic carbocycles. The summed E-state index contributed by atoms with van der Waals surface area (Å²) >= 11 is 0. The zero-order valence-electron chi connectivity index (χ0n) is 17.0. The van der Waals surface area contributed by atoms with Crippen molar-refractivity contribution < 1.29 is 14.1 Å². The largest absolute Gasteiger partial charge is 0.360 e. The lowest BCUT2D eigenvalue weighted by atomic mass is 10.1. The molecule has 2 amide bonds. The number of aryl methyl sites for hydroxylation is 1. The normalized spacial score (nSPS) is 17.3. The zero-order valence-corrected chi connectivity index (χ0v) is 17.0. The predicted octanol–water partition coefficient (Wildman–Crippen LogP) is 1.58. The highest BCUT2D eigenvalue weighted by Gasteiger charge is 2.28. The molecule has 0 saturated carbocycles.